The average molecular weight is 452 g/mol. The number of hydrogen-bond acceptors (Lipinski definition) is 3. The molecular weight excluding hydrogens is 422 g/mol. The highest BCUT2D eigenvalue weighted by molar-refractivity contribution is 7.89. The molecule has 7 heteroatoms. The topological polar surface area (TPSA) is 83.5 Å². The first-order chi connectivity index (χ1) is 14.2. The van der Waals surface area contributed by atoms with Crippen LogP contribution in [0, 0.1) is 0 Å². The maximum absolute atomic E-state index is 12.9. The zero-order chi connectivity index (χ0) is 22.1. The van der Waals surface area contributed by atoms with Crippen molar-refractivity contribution in [2.45, 2.75) is 69.2 Å². The van der Waals surface area contributed by atoms with Crippen molar-refractivity contribution in [3.05, 3.63) is 64.7 Å². The van der Waals surface area contributed by atoms with Crippen LogP contribution in [0.25, 0.3) is 0 Å². The summed E-state index contributed by atoms with van der Waals surface area (Å²) in [7, 11) is -3.68. The Morgan fingerprint density at radius 1 is 1.00 bits per heavy atom. The Balaban J connectivity index is 2.19. The highest BCUT2D eigenvalue weighted by Crippen LogP contribution is 2.27. The van der Waals surface area contributed by atoms with Gasteiger partial charge in [-0.05, 0) is 54.2 Å². The van der Waals surface area contributed by atoms with Crippen LogP contribution in [0.1, 0.15) is 75.5 Å². The van der Waals surface area contributed by atoms with Gasteiger partial charge in [0.15, 0.2) is 0 Å². The van der Waals surface area contributed by atoms with E-state index in [2.05, 4.69) is 11.6 Å². The molecule has 0 heterocycles. The molecule has 0 aliphatic carbocycles. The number of nitrogens with one attached hydrogen (secondary N) is 1. The molecule has 2 atom stereocenters. The second-order valence-corrected chi connectivity index (χ2v) is 9.77. The third-order valence-electron chi connectivity index (χ3n) is 5.22. The van der Waals surface area contributed by atoms with E-state index in [1.165, 1.54) is 12.1 Å². The maximum atomic E-state index is 12.9. The van der Waals surface area contributed by atoms with Gasteiger partial charge in [-0.15, -0.1) is 0 Å². The lowest BCUT2D eigenvalue weighted by molar-refractivity contribution is -0.137. The number of sulfonamides is 1. The fraction of sp³-hybridized carbons (Fsp3) is 0.435. The summed E-state index contributed by atoms with van der Waals surface area (Å²) in [5, 5.41) is 9.36. The molecule has 0 radical (unpaired) electrons. The molecule has 0 saturated carbocycles. The Morgan fingerprint density at radius 3 is 2.17 bits per heavy atom. The predicted molar refractivity (Wildman–Crippen MR) is 120 cm³/mol. The fourth-order valence-corrected chi connectivity index (χ4v) is 4.71. The van der Waals surface area contributed by atoms with Crippen molar-refractivity contribution in [2.75, 3.05) is 0 Å². The minimum Gasteiger partial charge on any atom is -0.481 e. The molecule has 0 spiro atoms. The van der Waals surface area contributed by atoms with Crippen molar-refractivity contribution in [3.63, 3.8) is 0 Å². The number of aliphatic carboxylic acids is 1. The molecule has 2 aromatic carbocycles. The first-order valence-corrected chi connectivity index (χ1v) is 12.2. The molecule has 0 fully saturated rings. The lowest BCUT2D eigenvalue weighted by Crippen LogP contribution is -2.28. The maximum Gasteiger partial charge on any atom is 0.303 e. The largest absolute Gasteiger partial charge is 0.481 e. The van der Waals surface area contributed by atoms with E-state index in [-0.39, 0.29) is 23.3 Å². The third-order valence-corrected chi connectivity index (χ3v) is 6.96. The highest BCUT2D eigenvalue weighted by atomic mass is 35.5. The number of rotatable bonds is 12. The molecule has 164 valence electrons. The summed E-state index contributed by atoms with van der Waals surface area (Å²) in [6.45, 7) is 4.11. The molecular formula is C23H30ClNO4S. The van der Waals surface area contributed by atoms with Crippen LogP contribution in [0.2, 0.25) is 5.02 Å². The van der Waals surface area contributed by atoms with Crippen LogP contribution in [0.3, 0.4) is 0 Å². The SMILES string of the molecule is CCCCCC(NS(=O)(=O)c1ccc(Cl)cc1)c1ccc(C(C)CCC(=O)O)cc1. The average Bonchev–Trinajstić information content (AvgIpc) is 2.72. The van der Waals surface area contributed by atoms with E-state index in [0.29, 0.717) is 17.9 Å². The lowest BCUT2D eigenvalue weighted by Gasteiger charge is -2.20. The zero-order valence-corrected chi connectivity index (χ0v) is 19.0. The van der Waals surface area contributed by atoms with Crippen LogP contribution in [-0.4, -0.2) is 19.5 Å². The van der Waals surface area contributed by atoms with E-state index in [0.717, 1.165) is 30.4 Å². The molecule has 0 aliphatic rings. The van der Waals surface area contributed by atoms with Crippen LogP contribution in [-0.2, 0) is 14.8 Å². The van der Waals surface area contributed by atoms with Gasteiger partial charge in [-0.1, -0.05) is 69.0 Å². The number of carbonyl (C=O) groups is 1. The molecule has 0 aliphatic heterocycles. The van der Waals surface area contributed by atoms with Crippen molar-refractivity contribution in [1.82, 2.24) is 4.72 Å². The molecule has 5 nitrogen and oxygen atoms in total. The van der Waals surface area contributed by atoms with E-state index < -0.39 is 16.0 Å². The van der Waals surface area contributed by atoms with Crippen LogP contribution < -0.4 is 4.72 Å². The molecule has 30 heavy (non-hydrogen) atoms. The van der Waals surface area contributed by atoms with E-state index in [4.69, 9.17) is 16.7 Å². The summed E-state index contributed by atoms with van der Waals surface area (Å²) >= 11 is 5.88. The number of benzene rings is 2. The number of hydrogen-bond donors (Lipinski definition) is 2. The van der Waals surface area contributed by atoms with Crippen LogP contribution in [0.5, 0.6) is 0 Å². The van der Waals surface area contributed by atoms with Gasteiger partial charge in [0.05, 0.1) is 4.90 Å². The monoisotopic (exact) mass is 451 g/mol. The zero-order valence-electron chi connectivity index (χ0n) is 17.5. The summed E-state index contributed by atoms with van der Waals surface area (Å²) in [5.41, 5.74) is 1.95. The highest BCUT2D eigenvalue weighted by Gasteiger charge is 2.21. The summed E-state index contributed by atoms with van der Waals surface area (Å²) < 4.78 is 28.6. The molecule has 2 unspecified atom stereocenters. The molecule has 2 aromatic rings. The van der Waals surface area contributed by atoms with E-state index >= 15 is 0 Å². The van der Waals surface area contributed by atoms with Crippen LogP contribution in [0.4, 0.5) is 0 Å². The molecule has 0 amide bonds. The van der Waals surface area contributed by atoms with Gasteiger partial charge in [0.2, 0.25) is 10.0 Å². The Kier molecular flexibility index (Phi) is 9.34. The van der Waals surface area contributed by atoms with Gasteiger partial charge >= 0.3 is 5.97 Å². The van der Waals surface area contributed by atoms with E-state index in [9.17, 15) is 13.2 Å². The lowest BCUT2D eigenvalue weighted by atomic mass is 9.93. The fourth-order valence-electron chi connectivity index (χ4n) is 3.32. The van der Waals surface area contributed by atoms with Crippen molar-refractivity contribution in [3.8, 4) is 0 Å². The second kappa shape index (κ2) is 11.5. The standard InChI is InChI=1S/C23H30ClNO4S/c1-3-4-5-6-22(25-30(28,29)21-14-12-20(24)13-15-21)19-10-8-18(9-11-19)17(2)7-16-23(26)27/h8-15,17,22,25H,3-7,16H2,1-2H3,(H,26,27). The van der Waals surface area contributed by atoms with Crippen molar-refractivity contribution >= 4 is 27.6 Å². The van der Waals surface area contributed by atoms with E-state index in [1.54, 1.807) is 12.1 Å². The third kappa shape index (κ3) is 7.42. The minimum atomic E-state index is -3.68. The minimum absolute atomic E-state index is 0.124. The predicted octanol–water partition coefficient (Wildman–Crippen LogP) is 5.91. The number of unbranched alkanes of at least 4 members (excludes halogenated alkanes) is 2. The van der Waals surface area contributed by atoms with Gasteiger partial charge in [-0.25, -0.2) is 13.1 Å². The Labute approximate surface area is 184 Å². The van der Waals surface area contributed by atoms with Crippen molar-refractivity contribution in [1.29, 1.82) is 0 Å². The number of carboxylic acids is 1. The van der Waals surface area contributed by atoms with Crippen LogP contribution >= 0.6 is 11.6 Å². The van der Waals surface area contributed by atoms with Gasteiger partial charge in [-0.2, -0.15) is 0 Å². The van der Waals surface area contributed by atoms with E-state index in [1.807, 2.05) is 31.2 Å². The van der Waals surface area contributed by atoms with Crippen molar-refractivity contribution < 1.29 is 18.3 Å². The quantitative estimate of drug-likeness (QED) is 0.393. The normalized spacial score (nSPS) is 13.7. The van der Waals surface area contributed by atoms with Gasteiger partial charge in [0, 0.05) is 17.5 Å². The second-order valence-electron chi connectivity index (χ2n) is 7.62. The van der Waals surface area contributed by atoms with Gasteiger partial charge in [-0.3, -0.25) is 4.79 Å². The Hall–Kier alpha value is -1.89. The smallest absolute Gasteiger partial charge is 0.303 e. The van der Waals surface area contributed by atoms with Crippen LogP contribution in [0.15, 0.2) is 53.4 Å². The number of halogens is 1. The summed E-state index contributed by atoms with van der Waals surface area (Å²) in [5.74, 6) is -0.675. The molecule has 2 rings (SSSR count). The molecule has 0 bridgehead atoms. The molecule has 0 aromatic heterocycles. The van der Waals surface area contributed by atoms with Gasteiger partial charge < -0.3 is 5.11 Å². The Bertz CT molecular complexity index is 911. The molecule has 2 N–H and O–H groups in total. The Morgan fingerprint density at radius 2 is 1.60 bits per heavy atom. The summed E-state index contributed by atoms with van der Waals surface area (Å²) in [4.78, 5) is 11.0. The van der Waals surface area contributed by atoms with Gasteiger partial charge in [0.25, 0.3) is 0 Å². The first kappa shape index (κ1) is 24.4. The summed E-state index contributed by atoms with van der Waals surface area (Å²) in [6.07, 6.45) is 4.40. The number of carboxylic acid groups (broad SMARTS) is 1. The summed E-state index contributed by atoms with van der Waals surface area (Å²) in [6, 6.07) is 13.6. The van der Waals surface area contributed by atoms with Gasteiger partial charge in [0.1, 0.15) is 0 Å². The van der Waals surface area contributed by atoms with Crippen molar-refractivity contribution in [2.24, 2.45) is 0 Å². The first-order valence-electron chi connectivity index (χ1n) is 10.3. The molecule has 0 saturated heterocycles.